The van der Waals surface area contributed by atoms with E-state index >= 15 is 0 Å². The number of para-hydroxylation sites is 2. The van der Waals surface area contributed by atoms with Crippen molar-refractivity contribution in [1.82, 2.24) is 0 Å². The van der Waals surface area contributed by atoms with Crippen molar-refractivity contribution in [3.05, 3.63) is 53.6 Å². The molecule has 2 aromatic rings. The lowest BCUT2D eigenvalue weighted by Crippen LogP contribution is -2.27. The van der Waals surface area contributed by atoms with Crippen molar-refractivity contribution in [2.45, 2.75) is 26.2 Å². The Bertz CT molecular complexity index is 801. The van der Waals surface area contributed by atoms with Gasteiger partial charge in [-0.2, -0.15) is 0 Å². The first-order valence-electron chi connectivity index (χ1n) is 8.42. The molecule has 130 valence electrons. The molecule has 0 atom stereocenters. The fourth-order valence-electron chi connectivity index (χ4n) is 3.24. The number of nitrogens with zero attached hydrogens (tertiary/aromatic N) is 1. The average Bonchev–Trinajstić information content (AvgIpc) is 3.05. The summed E-state index contributed by atoms with van der Waals surface area (Å²) in [5, 5.41) is 2.96. The van der Waals surface area contributed by atoms with Crippen molar-refractivity contribution >= 4 is 23.2 Å². The number of ether oxygens (including phenoxy) is 1. The lowest BCUT2D eigenvalue weighted by Gasteiger charge is -2.19. The molecule has 0 bridgehead atoms. The number of aryl methyl sites for hydroxylation is 1. The number of rotatable bonds is 5. The Morgan fingerprint density at radius 3 is 2.72 bits per heavy atom. The largest absolute Gasteiger partial charge is 0.496 e. The predicted octanol–water partition coefficient (Wildman–Crippen LogP) is 3.18. The lowest BCUT2D eigenvalue weighted by atomic mass is 10.1. The minimum absolute atomic E-state index is 0.00512. The first kappa shape index (κ1) is 17.0. The van der Waals surface area contributed by atoms with Gasteiger partial charge in [-0.1, -0.05) is 30.3 Å². The molecule has 2 amide bonds. The molecular formula is C20H22N2O3. The van der Waals surface area contributed by atoms with Crippen LogP contribution in [0.4, 0.5) is 11.4 Å². The number of carbonyl (C=O) groups is 2. The predicted molar refractivity (Wildman–Crippen MR) is 98.1 cm³/mol. The SMILES string of the molecule is COc1ccccc1CCC(=O)Nc1cccc2c1N(C(C)=O)CC2. The van der Waals surface area contributed by atoms with Gasteiger partial charge >= 0.3 is 0 Å². The van der Waals surface area contributed by atoms with E-state index in [0.717, 1.165) is 29.0 Å². The van der Waals surface area contributed by atoms with Crippen LogP contribution in [0, 0.1) is 0 Å². The monoisotopic (exact) mass is 338 g/mol. The average molecular weight is 338 g/mol. The van der Waals surface area contributed by atoms with Crippen LogP contribution >= 0.6 is 0 Å². The molecule has 0 spiro atoms. The van der Waals surface area contributed by atoms with Gasteiger partial charge in [-0.3, -0.25) is 9.59 Å². The Kier molecular flexibility index (Phi) is 5.03. The zero-order valence-corrected chi connectivity index (χ0v) is 14.5. The summed E-state index contributed by atoms with van der Waals surface area (Å²) in [7, 11) is 1.63. The molecule has 25 heavy (non-hydrogen) atoms. The summed E-state index contributed by atoms with van der Waals surface area (Å²) in [6, 6.07) is 13.5. The van der Waals surface area contributed by atoms with Gasteiger partial charge in [0.15, 0.2) is 0 Å². The molecule has 0 saturated heterocycles. The Hall–Kier alpha value is -2.82. The Morgan fingerprint density at radius 1 is 1.16 bits per heavy atom. The van der Waals surface area contributed by atoms with Crippen molar-refractivity contribution < 1.29 is 14.3 Å². The lowest BCUT2D eigenvalue weighted by molar-refractivity contribution is -0.117. The molecule has 5 heteroatoms. The van der Waals surface area contributed by atoms with Gasteiger partial charge in [0.05, 0.1) is 18.5 Å². The topological polar surface area (TPSA) is 58.6 Å². The molecule has 1 N–H and O–H groups in total. The molecule has 0 aromatic heterocycles. The fourth-order valence-corrected chi connectivity index (χ4v) is 3.24. The van der Waals surface area contributed by atoms with E-state index < -0.39 is 0 Å². The Balaban J connectivity index is 1.70. The van der Waals surface area contributed by atoms with Crippen molar-refractivity contribution in [2.24, 2.45) is 0 Å². The summed E-state index contributed by atoms with van der Waals surface area (Å²) in [6.45, 7) is 2.22. The number of nitrogens with one attached hydrogen (secondary N) is 1. The van der Waals surface area contributed by atoms with Crippen LogP contribution in [0.5, 0.6) is 5.75 Å². The normalized spacial score (nSPS) is 12.6. The van der Waals surface area contributed by atoms with Gasteiger partial charge in [0.25, 0.3) is 0 Å². The molecule has 0 saturated carbocycles. The van der Waals surface area contributed by atoms with Gasteiger partial charge < -0.3 is 15.0 Å². The highest BCUT2D eigenvalue weighted by Gasteiger charge is 2.25. The van der Waals surface area contributed by atoms with E-state index in [1.165, 1.54) is 0 Å². The third-order valence-corrected chi connectivity index (χ3v) is 4.46. The van der Waals surface area contributed by atoms with Crippen molar-refractivity contribution in [1.29, 1.82) is 0 Å². The molecule has 3 rings (SSSR count). The summed E-state index contributed by atoms with van der Waals surface area (Å²) in [5.74, 6) is 0.711. The first-order chi connectivity index (χ1) is 12.1. The third-order valence-electron chi connectivity index (χ3n) is 4.46. The maximum atomic E-state index is 12.4. The fraction of sp³-hybridized carbons (Fsp3) is 0.300. The van der Waals surface area contributed by atoms with Crippen LogP contribution in [0.3, 0.4) is 0 Å². The molecule has 1 heterocycles. The summed E-state index contributed by atoms with van der Waals surface area (Å²) < 4.78 is 5.32. The summed E-state index contributed by atoms with van der Waals surface area (Å²) in [4.78, 5) is 26.0. The number of hydrogen-bond acceptors (Lipinski definition) is 3. The molecule has 1 aliphatic rings. The number of benzene rings is 2. The van der Waals surface area contributed by atoms with Crippen LogP contribution in [-0.2, 0) is 22.4 Å². The number of amides is 2. The molecule has 1 aliphatic heterocycles. The van der Waals surface area contributed by atoms with Crippen molar-refractivity contribution in [2.75, 3.05) is 23.9 Å². The van der Waals surface area contributed by atoms with Crippen LogP contribution in [0.1, 0.15) is 24.5 Å². The number of anilines is 2. The van der Waals surface area contributed by atoms with E-state index in [2.05, 4.69) is 5.32 Å². The molecule has 2 aromatic carbocycles. The maximum Gasteiger partial charge on any atom is 0.224 e. The van der Waals surface area contributed by atoms with Crippen molar-refractivity contribution in [3.8, 4) is 5.75 Å². The minimum Gasteiger partial charge on any atom is -0.496 e. The zero-order chi connectivity index (χ0) is 17.8. The highest BCUT2D eigenvalue weighted by molar-refractivity contribution is 6.02. The van der Waals surface area contributed by atoms with Gasteiger partial charge in [0.1, 0.15) is 5.75 Å². The number of hydrogen-bond donors (Lipinski definition) is 1. The second-order valence-corrected chi connectivity index (χ2v) is 6.09. The first-order valence-corrected chi connectivity index (χ1v) is 8.42. The summed E-state index contributed by atoms with van der Waals surface area (Å²) in [6.07, 6.45) is 1.77. The molecule has 0 aliphatic carbocycles. The standard InChI is InChI=1S/C20H22N2O3/c1-14(23)22-13-12-16-7-5-8-17(20(16)22)21-19(24)11-10-15-6-3-4-9-18(15)25-2/h3-9H,10-13H2,1-2H3,(H,21,24). The van der Waals surface area contributed by atoms with Crippen LogP contribution in [0.25, 0.3) is 0 Å². The number of carbonyl (C=O) groups excluding carboxylic acids is 2. The van der Waals surface area contributed by atoms with Gasteiger partial charge in [-0.15, -0.1) is 0 Å². The second-order valence-electron chi connectivity index (χ2n) is 6.09. The second kappa shape index (κ2) is 7.38. The quantitative estimate of drug-likeness (QED) is 0.911. The van der Waals surface area contributed by atoms with Gasteiger partial charge in [-0.05, 0) is 36.1 Å². The van der Waals surface area contributed by atoms with Crippen LogP contribution in [-0.4, -0.2) is 25.5 Å². The maximum absolute atomic E-state index is 12.4. The van der Waals surface area contributed by atoms with Gasteiger partial charge in [0.2, 0.25) is 11.8 Å². The van der Waals surface area contributed by atoms with Crippen molar-refractivity contribution in [3.63, 3.8) is 0 Å². The smallest absolute Gasteiger partial charge is 0.224 e. The summed E-state index contributed by atoms with van der Waals surface area (Å²) in [5.41, 5.74) is 3.64. The molecule has 0 radical (unpaired) electrons. The Morgan fingerprint density at radius 2 is 1.96 bits per heavy atom. The highest BCUT2D eigenvalue weighted by Crippen LogP contribution is 2.35. The van der Waals surface area contributed by atoms with Crippen LogP contribution in [0.15, 0.2) is 42.5 Å². The van der Waals surface area contributed by atoms with Gasteiger partial charge in [-0.25, -0.2) is 0 Å². The molecule has 5 nitrogen and oxygen atoms in total. The van der Waals surface area contributed by atoms with Crippen LogP contribution < -0.4 is 15.0 Å². The number of methoxy groups -OCH3 is 1. The number of fused-ring (bicyclic) bond motifs is 1. The van der Waals surface area contributed by atoms with E-state index in [4.69, 9.17) is 4.74 Å². The van der Waals surface area contributed by atoms with Gasteiger partial charge in [0, 0.05) is 19.9 Å². The highest BCUT2D eigenvalue weighted by atomic mass is 16.5. The van der Waals surface area contributed by atoms with E-state index in [1.807, 2.05) is 42.5 Å². The zero-order valence-electron chi connectivity index (χ0n) is 14.5. The van der Waals surface area contributed by atoms with E-state index in [-0.39, 0.29) is 11.8 Å². The van der Waals surface area contributed by atoms with E-state index in [0.29, 0.717) is 25.1 Å². The summed E-state index contributed by atoms with van der Waals surface area (Å²) >= 11 is 0. The van der Waals surface area contributed by atoms with Crippen LogP contribution in [0.2, 0.25) is 0 Å². The Labute approximate surface area is 147 Å². The minimum atomic E-state index is -0.0743. The molecular weight excluding hydrogens is 316 g/mol. The van der Waals surface area contributed by atoms with E-state index in [1.54, 1.807) is 18.9 Å². The molecule has 0 unspecified atom stereocenters. The third kappa shape index (κ3) is 3.65. The molecule has 0 fully saturated rings. The van der Waals surface area contributed by atoms with E-state index in [9.17, 15) is 9.59 Å².